The van der Waals surface area contributed by atoms with E-state index in [1.807, 2.05) is 24.4 Å². The molecule has 0 bridgehead atoms. The lowest BCUT2D eigenvalue weighted by atomic mass is 9.89. The molecule has 0 spiro atoms. The van der Waals surface area contributed by atoms with Crippen molar-refractivity contribution in [2.45, 2.75) is 56.7 Å². The first-order valence-electron chi connectivity index (χ1n) is 10.6. The van der Waals surface area contributed by atoms with Crippen LogP contribution in [0.3, 0.4) is 0 Å². The van der Waals surface area contributed by atoms with E-state index in [1.54, 1.807) is 0 Å². The minimum Gasteiger partial charge on any atom is -0.370 e. The fourth-order valence-electron chi connectivity index (χ4n) is 4.57. The summed E-state index contributed by atoms with van der Waals surface area (Å²) < 4.78 is 1.06. The van der Waals surface area contributed by atoms with E-state index in [0.29, 0.717) is 18.1 Å². The molecule has 0 radical (unpaired) electrons. The second kappa shape index (κ2) is 9.60. The molecule has 1 saturated carbocycles. The lowest BCUT2D eigenvalue weighted by Crippen LogP contribution is -2.54. The molecule has 1 aromatic carbocycles. The number of benzene rings is 1. The number of aromatic nitrogens is 1. The normalized spacial score (nSPS) is 24.7. The van der Waals surface area contributed by atoms with Crippen LogP contribution in [-0.4, -0.2) is 36.2 Å². The molecule has 2 heterocycles. The zero-order valence-corrected chi connectivity index (χ0v) is 18.2. The lowest BCUT2D eigenvalue weighted by molar-refractivity contribution is 0.293. The van der Waals surface area contributed by atoms with Crippen molar-refractivity contribution in [2.24, 2.45) is 0 Å². The number of pyridine rings is 1. The van der Waals surface area contributed by atoms with E-state index in [9.17, 15) is 0 Å². The second-order valence-electron chi connectivity index (χ2n) is 8.11. The Balaban J connectivity index is 1.38. The second-order valence-corrected chi connectivity index (χ2v) is 9.03. The number of rotatable bonds is 5. The number of anilines is 2. The van der Waals surface area contributed by atoms with Gasteiger partial charge in [0.05, 0.1) is 11.6 Å². The molecule has 152 valence electrons. The van der Waals surface area contributed by atoms with E-state index in [4.69, 9.17) is 5.26 Å². The number of nitriles is 1. The van der Waals surface area contributed by atoms with Crippen molar-refractivity contribution in [3.8, 4) is 6.07 Å². The van der Waals surface area contributed by atoms with E-state index >= 15 is 0 Å². The van der Waals surface area contributed by atoms with Gasteiger partial charge in [0.15, 0.2) is 0 Å². The van der Waals surface area contributed by atoms with Crippen molar-refractivity contribution in [1.82, 2.24) is 10.3 Å². The summed E-state index contributed by atoms with van der Waals surface area (Å²) in [6.07, 6.45) is 9.19. The molecule has 2 fully saturated rings. The zero-order chi connectivity index (χ0) is 20.1. The van der Waals surface area contributed by atoms with Crippen LogP contribution < -0.4 is 15.5 Å². The van der Waals surface area contributed by atoms with Crippen molar-refractivity contribution in [1.29, 1.82) is 5.26 Å². The molecule has 1 aliphatic heterocycles. The molecule has 5 nitrogen and oxygen atoms in total. The Morgan fingerprint density at radius 2 is 1.83 bits per heavy atom. The Kier molecular flexibility index (Phi) is 6.68. The van der Waals surface area contributed by atoms with Gasteiger partial charge in [0.2, 0.25) is 0 Å². The molecule has 3 atom stereocenters. The number of hydrogen-bond acceptors (Lipinski definition) is 5. The maximum absolute atomic E-state index is 9.02. The Bertz CT molecular complexity index is 847. The predicted octanol–water partition coefficient (Wildman–Crippen LogP) is 4.70. The smallest absolute Gasteiger partial charge is 0.127 e. The third-order valence-corrected chi connectivity index (χ3v) is 6.55. The zero-order valence-electron chi connectivity index (χ0n) is 16.6. The molecule has 29 heavy (non-hydrogen) atoms. The van der Waals surface area contributed by atoms with Gasteiger partial charge in [-0.25, -0.2) is 4.98 Å². The van der Waals surface area contributed by atoms with Crippen LogP contribution in [0.25, 0.3) is 0 Å². The number of piperidine rings is 1. The van der Waals surface area contributed by atoms with Gasteiger partial charge >= 0.3 is 0 Å². The predicted molar refractivity (Wildman–Crippen MR) is 121 cm³/mol. The van der Waals surface area contributed by atoms with Crippen molar-refractivity contribution < 1.29 is 0 Å². The summed E-state index contributed by atoms with van der Waals surface area (Å²) in [5.74, 6) is 0.945. The quantitative estimate of drug-likeness (QED) is 0.686. The minimum atomic E-state index is 0.413. The van der Waals surface area contributed by atoms with Crippen molar-refractivity contribution in [3.63, 3.8) is 0 Å². The molecule has 4 rings (SSSR count). The molecule has 2 aromatic rings. The van der Waals surface area contributed by atoms with Crippen LogP contribution in [0.4, 0.5) is 11.5 Å². The summed E-state index contributed by atoms with van der Waals surface area (Å²) in [5.41, 5.74) is 1.94. The van der Waals surface area contributed by atoms with Gasteiger partial charge in [-0.3, -0.25) is 0 Å². The topological polar surface area (TPSA) is 64.0 Å². The highest BCUT2D eigenvalue weighted by atomic mass is 79.9. The summed E-state index contributed by atoms with van der Waals surface area (Å²) >= 11 is 3.54. The highest BCUT2D eigenvalue weighted by Gasteiger charge is 2.29. The molecule has 1 saturated heterocycles. The number of nitrogens with zero attached hydrogens (tertiary/aromatic N) is 3. The van der Waals surface area contributed by atoms with E-state index in [0.717, 1.165) is 28.9 Å². The first-order chi connectivity index (χ1) is 14.2. The van der Waals surface area contributed by atoms with E-state index in [2.05, 4.69) is 60.7 Å². The Labute approximate surface area is 181 Å². The Morgan fingerprint density at radius 1 is 1.03 bits per heavy atom. The van der Waals surface area contributed by atoms with Crippen LogP contribution in [0.15, 0.2) is 47.1 Å². The number of halogens is 1. The van der Waals surface area contributed by atoms with Gasteiger partial charge in [-0.05, 0) is 62.1 Å². The van der Waals surface area contributed by atoms with E-state index in [-0.39, 0.29) is 0 Å². The lowest BCUT2D eigenvalue weighted by Gasteiger charge is -2.40. The van der Waals surface area contributed by atoms with Crippen molar-refractivity contribution in [3.05, 3.63) is 52.6 Å². The number of hydrogen-bond donors (Lipinski definition) is 2. The molecule has 0 amide bonds. The summed E-state index contributed by atoms with van der Waals surface area (Å²) in [5, 5.41) is 16.7. The largest absolute Gasteiger partial charge is 0.370 e. The average Bonchev–Trinajstić information content (AvgIpc) is 2.75. The third-order valence-electron chi connectivity index (χ3n) is 6.05. The third kappa shape index (κ3) is 5.29. The van der Waals surface area contributed by atoms with Crippen LogP contribution in [0.1, 0.15) is 44.1 Å². The van der Waals surface area contributed by atoms with E-state index in [1.165, 1.54) is 44.2 Å². The molecule has 1 aliphatic carbocycles. The van der Waals surface area contributed by atoms with Crippen molar-refractivity contribution >= 4 is 27.4 Å². The van der Waals surface area contributed by atoms with Gasteiger partial charge in [-0.2, -0.15) is 5.26 Å². The van der Waals surface area contributed by atoms with Gasteiger partial charge in [0, 0.05) is 47.6 Å². The number of nitrogens with one attached hydrogen (secondary N) is 2. The highest BCUT2D eigenvalue weighted by molar-refractivity contribution is 9.10. The van der Waals surface area contributed by atoms with Gasteiger partial charge < -0.3 is 15.5 Å². The van der Waals surface area contributed by atoms with Crippen LogP contribution in [0.5, 0.6) is 0 Å². The summed E-state index contributed by atoms with van der Waals surface area (Å²) in [4.78, 5) is 6.93. The van der Waals surface area contributed by atoms with Gasteiger partial charge in [0.1, 0.15) is 5.82 Å². The standard InChI is InChI=1S/C23H28BrN5/c24-18-11-12-26-23(14-18)28-22-6-2-1-5-21(22)27-19-4-3-13-29(16-19)20-9-7-17(15-25)8-10-20/h7-12,14,19,21-22,27H,1-6,13,16H2,(H,26,28)/t19-,21+,22+/m0/s1. The molecular formula is C23H28BrN5. The van der Waals surface area contributed by atoms with E-state index < -0.39 is 0 Å². The summed E-state index contributed by atoms with van der Waals surface area (Å²) in [6, 6.07) is 15.6. The van der Waals surface area contributed by atoms with Gasteiger partial charge in [-0.15, -0.1) is 0 Å². The fraction of sp³-hybridized carbons (Fsp3) is 0.478. The van der Waals surface area contributed by atoms with Crippen LogP contribution in [0, 0.1) is 11.3 Å². The van der Waals surface area contributed by atoms with Crippen LogP contribution in [-0.2, 0) is 0 Å². The van der Waals surface area contributed by atoms with Crippen LogP contribution >= 0.6 is 15.9 Å². The first-order valence-corrected chi connectivity index (χ1v) is 11.4. The first kappa shape index (κ1) is 20.2. The maximum Gasteiger partial charge on any atom is 0.127 e. The van der Waals surface area contributed by atoms with Gasteiger partial charge in [-0.1, -0.05) is 28.8 Å². The molecule has 1 aromatic heterocycles. The van der Waals surface area contributed by atoms with Crippen molar-refractivity contribution in [2.75, 3.05) is 23.3 Å². The molecular weight excluding hydrogens is 426 g/mol. The summed E-state index contributed by atoms with van der Waals surface area (Å²) in [7, 11) is 0. The molecule has 0 unspecified atom stereocenters. The average molecular weight is 454 g/mol. The molecule has 6 heteroatoms. The fourth-order valence-corrected chi connectivity index (χ4v) is 4.91. The minimum absolute atomic E-state index is 0.413. The summed E-state index contributed by atoms with van der Waals surface area (Å²) in [6.45, 7) is 2.10. The van der Waals surface area contributed by atoms with Gasteiger partial charge in [0.25, 0.3) is 0 Å². The Morgan fingerprint density at radius 3 is 2.59 bits per heavy atom. The monoisotopic (exact) mass is 453 g/mol. The SMILES string of the molecule is N#Cc1ccc(N2CCC[C@H](N[C@@H]3CCCC[C@H]3Nc3cc(Br)ccn3)C2)cc1. The Hall–Kier alpha value is -2.10. The maximum atomic E-state index is 9.02. The molecule has 2 aliphatic rings. The highest BCUT2D eigenvalue weighted by Crippen LogP contribution is 2.26. The molecule has 2 N–H and O–H groups in total. The van der Waals surface area contributed by atoms with Crippen LogP contribution in [0.2, 0.25) is 0 Å².